The van der Waals surface area contributed by atoms with Gasteiger partial charge in [-0.05, 0) is 62.1 Å². The molecule has 0 amide bonds. The minimum atomic E-state index is -3.00. The molecule has 0 aliphatic heterocycles. The summed E-state index contributed by atoms with van der Waals surface area (Å²) < 4.78 is 42.9. The molecule has 0 bridgehead atoms. The van der Waals surface area contributed by atoms with E-state index in [1.54, 1.807) is 6.07 Å². The molecule has 1 aliphatic rings. The van der Waals surface area contributed by atoms with Crippen molar-refractivity contribution in [1.29, 1.82) is 0 Å². The molecule has 30 heavy (non-hydrogen) atoms. The van der Waals surface area contributed by atoms with E-state index in [9.17, 15) is 12.8 Å². The molecule has 2 rings (SSSR count). The van der Waals surface area contributed by atoms with Gasteiger partial charge in [-0.2, -0.15) is 0 Å². The Kier molecular flexibility index (Phi) is 8.52. The summed E-state index contributed by atoms with van der Waals surface area (Å²) in [5, 5.41) is 6.50. The second-order valence-corrected chi connectivity index (χ2v) is 11.3. The first-order chi connectivity index (χ1) is 14.0. The molecule has 0 heterocycles. The van der Waals surface area contributed by atoms with E-state index in [2.05, 4.69) is 15.6 Å². The van der Waals surface area contributed by atoms with Crippen molar-refractivity contribution >= 4 is 15.8 Å². The van der Waals surface area contributed by atoms with Gasteiger partial charge in [0.1, 0.15) is 9.84 Å². The number of benzene rings is 1. The van der Waals surface area contributed by atoms with Crippen molar-refractivity contribution in [2.24, 2.45) is 16.3 Å². The number of guanidine groups is 1. The van der Waals surface area contributed by atoms with Crippen LogP contribution >= 0.6 is 0 Å². The molecule has 0 aromatic heterocycles. The summed E-state index contributed by atoms with van der Waals surface area (Å²) in [7, 11) is -3.00. The minimum Gasteiger partial charge on any atom is -0.490 e. The lowest BCUT2D eigenvalue weighted by molar-refractivity contribution is 0.285. The fourth-order valence-electron chi connectivity index (χ4n) is 2.84. The summed E-state index contributed by atoms with van der Waals surface area (Å²) in [6.45, 7) is 9.67. The van der Waals surface area contributed by atoms with Crippen molar-refractivity contribution < 1.29 is 17.5 Å². The number of halogens is 1. The molecule has 2 N–H and O–H groups in total. The lowest BCUT2D eigenvalue weighted by Gasteiger charge is -2.24. The maximum absolute atomic E-state index is 14.4. The third-order valence-corrected chi connectivity index (χ3v) is 6.09. The summed E-state index contributed by atoms with van der Waals surface area (Å²) in [5.41, 5.74) is 0.551. The van der Waals surface area contributed by atoms with Gasteiger partial charge < -0.3 is 15.4 Å². The maximum atomic E-state index is 14.4. The quantitative estimate of drug-likeness (QED) is 0.404. The standard InChI is InChI=1S/C22H36FN3O3S/c1-6-24-21(25-15-22(3,4)11-12-30(5,27)28)26-16(2)18-9-10-20(19(23)13-18)29-14-17-7-8-17/h9-10,13,16-17H,6-8,11-12,14-15H2,1-5H3,(H2,24,25,26). The van der Waals surface area contributed by atoms with Crippen molar-refractivity contribution in [3.63, 3.8) is 0 Å². The normalized spacial score (nSPS) is 16.3. The molecule has 6 nitrogen and oxygen atoms in total. The zero-order valence-corrected chi connectivity index (χ0v) is 19.6. The third-order valence-electron chi connectivity index (χ3n) is 5.14. The van der Waals surface area contributed by atoms with Gasteiger partial charge in [-0.15, -0.1) is 0 Å². The van der Waals surface area contributed by atoms with Crippen LogP contribution in [0.5, 0.6) is 5.75 Å². The van der Waals surface area contributed by atoms with Gasteiger partial charge >= 0.3 is 0 Å². The van der Waals surface area contributed by atoms with E-state index < -0.39 is 9.84 Å². The van der Waals surface area contributed by atoms with Crippen LogP contribution in [-0.4, -0.2) is 46.1 Å². The zero-order valence-electron chi connectivity index (χ0n) is 18.8. The Balaban J connectivity index is 1.98. The van der Waals surface area contributed by atoms with E-state index in [1.807, 2.05) is 33.8 Å². The van der Waals surface area contributed by atoms with Crippen LogP contribution in [0.15, 0.2) is 23.2 Å². The molecule has 1 atom stereocenters. The lowest BCUT2D eigenvalue weighted by atomic mass is 9.90. The van der Waals surface area contributed by atoms with Gasteiger partial charge in [0.05, 0.1) is 18.4 Å². The first-order valence-electron chi connectivity index (χ1n) is 10.6. The van der Waals surface area contributed by atoms with Crippen LogP contribution in [0.2, 0.25) is 0 Å². The zero-order chi connectivity index (χ0) is 22.4. The molecule has 1 aromatic rings. The van der Waals surface area contributed by atoms with Crippen LogP contribution in [0.4, 0.5) is 4.39 Å². The number of hydrogen-bond acceptors (Lipinski definition) is 4. The van der Waals surface area contributed by atoms with E-state index in [0.29, 0.717) is 43.7 Å². The number of ether oxygens (including phenoxy) is 1. The van der Waals surface area contributed by atoms with Crippen molar-refractivity contribution in [1.82, 2.24) is 10.6 Å². The van der Waals surface area contributed by atoms with E-state index in [4.69, 9.17) is 4.74 Å². The monoisotopic (exact) mass is 441 g/mol. The molecule has 0 spiro atoms. The van der Waals surface area contributed by atoms with Gasteiger partial charge in [0, 0.05) is 19.3 Å². The van der Waals surface area contributed by atoms with Crippen LogP contribution in [0, 0.1) is 17.2 Å². The van der Waals surface area contributed by atoms with E-state index in [-0.39, 0.29) is 23.0 Å². The van der Waals surface area contributed by atoms with Gasteiger partial charge in [0.2, 0.25) is 0 Å². The second-order valence-electron chi connectivity index (χ2n) is 9.05. The molecule has 8 heteroatoms. The molecule has 170 valence electrons. The molecule has 1 aliphatic carbocycles. The highest BCUT2D eigenvalue weighted by molar-refractivity contribution is 7.90. The van der Waals surface area contributed by atoms with Gasteiger partial charge in [0.15, 0.2) is 17.5 Å². The van der Waals surface area contributed by atoms with Crippen molar-refractivity contribution in [2.75, 3.05) is 31.7 Å². The highest BCUT2D eigenvalue weighted by Gasteiger charge is 2.23. The van der Waals surface area contributed by atoms with Crippen LogP contribution < -0.4 is 15.4 Å². The van der Waals surface area contributed by atoms with E-state index in [1.165, 1.54) is 12.3 Å². The van der Waals surface area contributed by atoms with Gasteiger partial charge in [-0.25, -0.2) is 12.8 Å². The minimum absolute atomic E-state index is 0.143. The average Bonchev–Trinajstić information content (AvgIpc) is 3.48. The Morgan fingerprint density at radius 3 is 2.63 bits per heavy atom. The van der Waals surface area contributed by atoms with Crippen molar-refractivity contribution in [3.05, 3.63) is 29.6 Å². The topological polar surface area (TPSA) is 79.8 Å². The first kappa shape index (κ1) is 24.4. The molecule has 0 radical (unpaired) electrons. The van der Waals surface area contributed by atoms with Crippen molar-refractivity contribution in [3.8, 4) is 5.75 Å². The summed E-state index contributed by atoms with van der Waals surface area (Å²) in [4.78, 5) is 4.63. The summed E-state index contributed by atoms with van der Waals surface area (Å²) >= 11 is 0. The fourth-order valence-corrected chi connectivity index (χ4v) is 3.76. The van der Waals surface area contributed by atoms with E-state index in [0.717, 1.165) is 18.4 Å². The molecule has 1 saturated carbocycles. The Labute approximate surface area is 180 Å². The molecule has 1 aromatic carbocycles. The average molecular weight is 442 g/mol. The third kappa shape index (κ3) is 8.90. The Hall–Kier alpha value is -1.83. The second kappa shape index (κ2) is 10.5. The number of rotatable bonds is 11. The summed E-state index contributed by atoms with van der Waals surface area (Å²) in [6, 6.07) is 4.89. The predicted molar refractivity (Wildman–Crippen MR) is 120 cm³/mol. The number of nitrogens with one attached hydrogen (secondary N) is 2. The van der Waals surface area contributed by atoms with Crippen LogP contribution in [0.1, 0.15) is 58.6 Å². The number of hydrogen-bond donors (Lipinski definition) is 2. The van der Waals surface area contributed by atoms with Crippen molar-refractivity contribution in [2.45, 2.75) is 53.0 Å². The Bertz CT molecular complexity index is 836. The summed E-state index contributed by atoms with van der Waals surface area (Å²) in [5.74, 6) is 1.28. The van der Waals surface area contributed by atoms with Crippen LogP contribution in [0.25, 0.3) is 0 Å². The highest BCUT2D eigenvalue weighted by Crippen LogP contribution is 2.30. The van der Waals surface area contributed by atoms with Crippen LogP contribution in [0.3, 0.4) is 0 Å². The Morgan fingerprint density at radius 2 is 2.07 bits per heavy atom. The lowest BCUT2D eigenvalue weighted by Crippen LogP contribution is -2.39. The largest absolute Gasteiger partial charge is 0.490 e. The van der Waals surface area contributed by atoms with Gasteiger partial charge in [-0.3, -0.25) is 4.99 Å². The Morgan fingerprint density at radius 1 is 1.37 bits per heavy atom. The summed E-state index contributed by atoms with van der Waals surface area (Å²) in [6.07, 6.45) is 4.12. The van der Waals surface area contributed by atoms with Crippen LogP contribution in [-0.2, 0) is 9.84 Å². The number of sulfone groups is 1. The molecular weight excluding hydrogens is 405 g/mol. The first-order valence-corrected chi connectivity index (χ1v) is 12.7. The molecular formula is C22H36FN3O3S. The molecule has 0 saturated heterocycles. The molecule has 1 unspecified atom stereocenters. The number of aliphatic imine (C=N–C) groups is 1. The highest BCUT2D eigenvalue weighted by atomic mass is 32.2. The van der Waals surface area contributed by atoms with E-state index >= 15 is 0 Å². The number of nitrogens with zero attached hydrogens (tertiary/aromatic N) is 1. The van der Waals surface area contributed by atoms with Gasteiger partial charge in [0.25, 0.3) is 0 Å². The van der Waals surface area contributed by atoms with Gasteiger partial charge in [-0.1, -0.05) is 19.9 Å². The smallest absolute Gasteiger partial charge is 0.191 e. The SMILES string of the molecule is CCNC(=NCC(C)(C)CCS(C)(=O)=O)NC(C)c1ccc(OCC2CC2)c(F)c1. The maximum Gasteiger partial charge on any atom is 0.191 e. The fraction of sp³-hybridized carbons (Fsp3) is 0.682. The molecule has 1 fully saturated rings. The predicted octanol–water partition coefficient (Wildman–Crippen LogP) is 3.69.